The number of carbonyl (C=O) groups excluding carboxylic acids is 1. The second-order valence-corrected chi connectivity index (χ2v) is 11.3. The van der Waals surface area contributed by atoms with Gasteiger partial charge < -0.3 is 34.6 Å². The van der Waals surface area contributed by atoms with E-state index in [4.69, 9.17) is 14.2 Å². The first-order valence-corrected chi connectivity index (χ1v) is 13.7. The predicted molar refractivity (Wildman–Crippen MR) is 143 cm³/mol. The second kappa shape index (κ2) is 16.0. The van der Waals surface area contributed by atoms with E-state index >= 15 is 0 Å². The van der Waals surface area contributed by atoms with Crippen LogP contribution in [0.3, 0.4) is 0 Å². The maximum atomic E-state index is 11.3. The molecule has 1 aliphatic rings. The highest BCUT2D eigenvalue weighted by Crippen LogP contribution is 2.32. The summed E-state index contributed by atoms with van der Waals surface area (Å²) in [7, 11) is 0. The number of aliphatic hydroxyl groups excluding tert-OH is 4. The van der Waals surface area contributed by atoms with Crippen LogP contribution in [0.2, 0.25) is 0 Å². The zero-order chi connectivity index (χ0) is 28.4. The standard InChI is InChI=1S/C29H52O8/c1-10-16(3)12-17(4)13-20(7)28(21(8)14-19(6)24(31)18(5)11-2)37-29-27(34)26(33)25(32)23(36-29)15-35-22(9)30/h11,14,16-18,20-21,23-29,31-34H,2,10,12-13,15H2,1,3-9H3. The Morgan fingerprint density at radius 3 is 2.14 bits per heavy atom. The van der Waals surface area contributed by atoms with Crippen LogP contribution in [0.25, 0.3) is 0 Å². The molecule has 12 atom stereocenters. The molecular weight excluding hydrogens is 476 g/mol. The van der Waals surface area contributed by atoms with E-state index < -0.39 is 48.9 Å². The summed E-state index contributed by atoms with van der Waals surface area (Å²) in [4.78, 5) is 11.3. The topological polar surface area (TPSA) is 126 Å². The molecule has 1 fully saturated rings. The van der Waals surface area contributed by atoms with Gasteiger partial charge in [-0.2, -0.15) is 0 Å². The Morgan fingerprint density at radius 1 is 0.973 bits per heavy atom. The van der Waals surface area contributed by atoms with Gasteiger partial charge in [0.2, 0.25) is 0 Å². The molecule has 1 rings (SSSR count). The summed E-state index contributed by atoms with van der Waals surface area (Å²) in [6, 6.07) is 0. The largest absolute Gasteiger partial charge is 0.463 e. The third-order valence-corrected chi connectivity index (χ3v) is 7.63. The predicted octanol–water partition coefficient (Wildman–Crippen LogP) is 3.61. The molecule has 0 radical (unpaired) electrons. The number of hydrogen-bond donors (Lipinski definition) is 4. The minimum Gasteiger partial charge on any atom is -0.463 e. The molecule has 216 valence electrons. The van der Waals surface area contributed by atoms with Gasteiger partial charge >= 0.3 is 5.97 Å². The first kappa shape index (κ1) is 33.7. The maximum absolute atomic E-state index is 11.3. The van der Waals surface area contributed by atoms with Gasteiger partial charge in [-0.1, -0.05) is 60.1 Å². The molecule has 8 heteroatoms. The van der Waals surface area contributed by atoms with Crippen molar-refractivity contribution in [1.82, 2.24) is 0 Å². The third kappa shape index (κ3) is 10.4. The van der Waals surface area contributed by atoms with Gasteiger partial charge in [-0.25, -0.2) is 0 Å². The molecule has 1 saturated heterocycles. The summed E-state index contributed by atoms with van der Waals surface area (Å²) in [5.41, 5.74) is 0.793. The molecule has 12 unspecified atom stereocenters. The Labute approximate surface area is 223 Å². The van der Waals surface area contributed by atoms with E-state index in [0.29, 0.717) is 11.8 Å². The van der Waals surface area contributed by atoms with Gasteiger partial charge in [0.05, 0.1) is 12.2 Å². The number of ether oxygens (including phenoxy) is 3. The number of rotatable bonds is 15. The van der Waals surface area contributed by atoms with Gasteiger partial charge in [0.1, 0.15) is 31.0 Å². The van der Waals surface area contributed by atoms with Crippen molar-refractivity contribution >= 4 is 5.97 Å². The average molecular weight is 529 g/mol. The van der Waals surface area contributed by atoms with Crippen LogP contribution < -0.4 is 0 Å². The molecule has 0 bridgehead atoms. The molecule has 1 aliphatic heterocycles. The smallest absolute Gasteiger partial charge is 0.302 e. The third-order valence-electron chi connectivity index (χ3n) is 7.63. The van der Waals surface area contributed by atoms with Crippen molar-refractivity contribution in [3.05, 3.63) is 24.3 Å². The van der Waals surface area contributed by atoms with Crippen LogP contribution in [-0.4, -0.2) is 75.9 Å². The monoisotopic (exact) mass is 528 g/mol. The highest BCUT2D eigenvalue weighted by Gasteiger charge is 2.46. The van der Waals surface area contributed by atoms with Crippen molar-refractivity contribution in [2.75, 3.05) is 6.61 Å². The number of aliphatic hydroxyl groups is 4. The van der Waals surface area contributed by atoms with E-state index in [1.165, 1.54) is 6.92 Å². The lowest BCUT2D eigenvalue weighted by Crippen LogP contribution is -2.60. The van der Waals surface area contributed by atoms with Gasteiger partial charge in [-0.3, -0.25) is 4.79 Å². The van der Waals surface area contributed by atoms with E-state index in [0.717, 1.165) is 24.8 Å². The summed E-state index contributed by atoms with van der Waals surface area (Å²) in [5.74, 6) is 0.290. The van der Waals surface area contributed by atoms with Gasteiger partial charge in [-0.15, -0.1) is 6.58 Å². The molecule has 37 heavy (non-hydrogen) atoms. The second-order valence-electron chi connectivity index (χ2n) is 11.3. The Morgan fingerprint density at radius 2 is 1.59 bits per heavy atom. The lowest BCUT2D eigenvalue weighted by Gasteiger charge is -2.43. The van der Waals surface area contributed by atoms with Crippen LogP contribution in [0.15, 0.2) is 24.3 Å². The SMILES string of the molecule is C=CC(C)C(O)C(C)=CC(C)C(OC1OC(COC(C)=O)C(O)C(O)C1O)C(C)CC(C)CC(C)CC. The van der Waals surface area contributed by atoms with Gasteiger partial charge in [0.15, 0.2) is 6.29 Å². The van der Waals surface area contributed by atoms with Crippen LogP contribution in [0.5, 0.6) is 0 Å². The number of hydrogen-bond acceptors (Lipinski definition) is 8. The normalized spacial score (nSPS) is 30.5. The molecule has 0 aliphatic carbocycles. The van der Waals surface area contributed by atoms with Crippen molar-refractivity contribution in [3.63, 3.8) is 0 Å². The summed E-state index contributed by atoms with van der Waals surface area (Å²) >= 11 is 0. The van der Waals surface area contributed by atoms with Crippen LogP contribution in [0.4, 0.5) is 0 Å². The molecular formula is C29H52O8. The molecule has 1 heterocycles. The summed E-state index contributed by atoms with van der Waals surface area (Å²) in [6.07, 6.45) is -1.06. The summed E-state index contributed by atoms with van der Waals surface area (Å²) in [5, 5.41) is 42.1. The van der Waals surface area contributed by atoms with E-state index in [1.54, 1.807) is 6.08 Å². The number of carbonyl (C=O) groups is 1. The molecule has 0 aromatic rings. The highest BCUT2D eigenvalue weighted by molar-refractivity contribution is 5.65. The average Bonchev–Trinajstić information content (AvgIpc) is 2.84. The Bertz CT molecular complexity index is 725. The highest BCUT2D eigenvalue weighted by atomic mass is 16.7. The number of esters is 1. The molecule has 0 saturated carbocycles. The van der Waals surface area contributed by atoms with E-state index in [-0.39, 0.29) is 24.4 Å². The van der Waals surface area contributed by atoms with E-state index in [1.807, 2.05) is 26.8 Å². The minimum atomic E-state index is -1.53. The Hall–Kier alpha value is -1.29. The quantitative estimate of drug-likeness (QED) is 0.188. The maximum Gasteiger partial charge on any atom is 0.302 e. The van der Waals surface area contributed by atoms with Crippen molar-refractivity contribution in [2.24, 2.45) is 29.6 Å². The fourth-order valence-electron chi connectivity index (χ4n) is 5.17. The Balaban J connectivity index is 3.19. The van der Waals surface area contributed by atoms with Crippen LogP contribution in [0.1, 0.15) is 74.7 Å². The van der Waals surface area contributed by atoms with Gasteiger partial charge in [0.25, 0.3) is 0 Å². The lowest BCUT2D eigenvalue weighted by atomic mass is 9.82. The van der Waals surface area contributed by atoms with E-state index in [2.05, 4.69) is 34.3 Å². The van der Waals surface area contributed by atoms with Crippen LogP contribution >= 0.6 is 0 Å². The van der Waals surface area contributed by atoms with Crippen molar-refractivity contribution in [3.8, 4) is 0 Å². The molecule has 8 nitrogen and oxygen atoms in total. The zero-order valence-corrected chi connectivity index (χ0v) is 24.0. The van der Waals surface area contributed by atoms with Crippen LogP contribution in [0, 0.1) is 29.6 Å². The lowest BCUT2D eigenvalue weighted by molar-refractivity contribution is -0.317. The van der Waals surface area contributed by atoms with Gasteiger partial charge in [0, 0.05) is 18.8 Å². The van der Waals surface area contributed by atoms with Crippen molar-refractivity contribution in [2.45, 2.75) is 118 Å². The van der Waals surface area contributed by atoms with E-state index in [9.17, 15) is 25.2 Å². The fraction of sp³-hybridized carbons (Fsp3) is 0.828. The molecule has 0 aromatic heterocycles. The summed E-state index contributed by atoms with van der Waals surface area (Å²) < 4.78 is 17.1. The zero-order valence-electron chi connectivity index (χ0n) is 24.0. The molecule has 4 N–H and O–H groups in total. The fourth-order valence-corrected chi connectivity index (χ4v) is 5.17. The Kier molecular flexibility index (Phi) is 14.6. The first-order chi connectivity index (χ1) is 17.2. The first-order valence-electron chi connectivity index (χ1n) is 13.7. The molecule has 0 aromatic carbocycles. The summed E-state index contributed by atoms with van der Waals surface area (Å²) in [6.45, 7) is 19.2. The molecule has 0 amide bonds. The van der Waals surface area contributed by atoms with Crippen molar-refractivity contribution < 1.29 is 39.4 Å². The molecule has 0 spiro atoms. The minimum absolute atomic E-state index is 0.0544. The van der Waals surface area contributed by atoms with Crippen LogP contribution in [-0.2, 0) is 19.0 Å². The van der Waals surface area contributed by atoms with Crippen molar-refractivity contribution in [1.29, 1.82) is 0 Å². The van der Waals surface area contributed by atoms with Gasteiger partial charge in [-0.05, 0) is 43.1 Å².